The van der Waals surface area contributed by atoms with Crippen LogP contribution in [0.2, 0.25) is 0 Å². The molecule has 0 aliphatic carbocycles. The van der Waals surface area contributed by atoms with E-state index in [2.05, 4.69) is 10.0 Å². The quantitative estimate of drug-likeness (QED) is 0.679. The van der Waals surface area contributed by atoms with Crippen LogP contribution in [-0.2, 0) is 16.4 Å². The van der Waals surface area contributed by atoms with Gasteiger partial charge in [0.25, 0.3) is 5.91 Å². The van der Waals surface area contributed by atoms with Crippen molar-refractivity contribution in [1.29, 1.82) is 0 Å². The van der Waals surface area contributed by atoms with E-state index in [-0.39, 0.29) is 35.8 Å². The van der Waals surface area contributed by atoms with E-state index in [4.69, 9.17) is 5.73 Å². The number of amides is 1. The minimum atomic E-state index is -3.67. The number of fused-ring (bicyclic) bond motifs is 1. The van der Waals surface area contributed by atoms with Crippen LogP contribution in [-0.4, -0.2) is 33.5 Å². The van der Waals surface area contributed by atoms with Crippen molar-refractivity contribution in [2.45, 2.75) is 43.5 Å². The summed E-state index contributed by atoms with van der Waals surface area (Å²) in [6, 6.07) is 4.42. The van der Waals surface area contributed by atoms with Crippen molar-refractivity contribution in [3.63, 3.8) is 0 Å². The van der Waals surface area contributed by atoms with E-state index in [0.717, 1.165) is 24.8 Å². The van der Waals surface area contributed by atoms with Crippen molar-refractivity contribution >= 4 is 28.3 Å². The van der Waals surface area contributed by atoms with Gasteiger partial charge in [-0.25, -0.2) is 13.1 Å². The van der Waals surface area contributed by atoms with Gasteiger partial charge in [0, 0.05) is 24.7 Å². The number of benzene rings is 1. The fraction of sp³-hybridized carbons (Fsp3) is 0.533. The molecule has 0 spiro atoms. The predicted molar refractivity (Wildman–Crippen MR) is 92.4 cm³/mol. The third-order valence-electron chi connectivity index (χ3n) is 3.83. The first-order valence-corrected chi connectivity index (χ1v) is 9.09. The van der Waals surface area contributed by atoms with Gasteiger partial charge >= 0.3 is 0 Å². The summed E-state index contributed by atoms with van der Waals surface area (Å²) in [7, 11) is -3.67. The van der Waals surface area contributed by atoms with Gasteiger partial charge in [-0.15, -0.1) is 12.4 Å². The number of rotatable bonds is 7. The normalized spacial score (nSPS) is 15.3. The molecule has 130 valence electrons. The predicted octanol–water partition coefficient (Wildman–Crippen LogP) is 1.19. The first kappa shape index (κ1) is 19.9. The maximum absolute atomic E-state index is 12.5. The number of carbonyl (C=O) groups is 1. The van der Waals surface area contributed by atoms with Crippen LogP contribution in [0.25, 0.3) is 0 Å². The van der Waals surface area contributed by atoms with Gasteiger partial charge < -0.3 is 11.1 Å². The molecule has 0 radical (unpaired) electrons. The molecular weight excluding hydrogens is 338 g/mol. The second-order valence-corrected chi connectivity index (χ2v) is 7.23. The average Bonchev–Trinajstić information content (AvgIpc) is 2.51. The van der Waals surface area contributed by atoms with Crippen molar-refractivity contribution in [3.05, 3.63) is 29.3 Å². The lowest BCUT2D eigenvalue weighted by molar-refractivity contribution is 0.0945. The third kappa shape index (κ3) is 4.91. The first-order chi connectivity index (χ1) is 10.5. The van der Waals surface area contributed by atoms with E-state index in [1.807, 2.05) is 6.92 Å². The fourth-order valence-electron chi connectivity index (χ4n) is 2.52. The molecule has 4 N–H and O–H groups in total. The molecule has 0 aromatic heterocycles. The summed E-state index contributed by atoms with van der Waals surface area (Å²) in [6.07, 6.45) is 3.32. The lowest BCUT2D eigenvalue weighted by atomic mass is 10.0. The van der Waals surface area contributed by atoms with Crippen molar-refractivity contribution in [2.24, 2.45) is 5.73 Å². The van der Waals surface area contributed by atoms with Crippen molar-refractivity contribution < 1.29 is 13.2 Å². The summed E-state index contributed by atoms with van der Waals surface area (Å²) in [5.74, 6) is -0.223. The number of sulfonamides is 1. The Balaban J connectivity index is 0.00000264. The van der Waals surface area contributed by atoms with Crippen molar-refractivity contribution in [2.75, 3.05) is 13.1 Å². The van der Waals surface area contributed by atoms with Crippen LogP contribution >= 0.6 is 12.4 Å². The molecule has 0 fully saturated rings. The first-order valence-electron chi connectivity index (χ1n) is 7.61. The molecule has 0 bridgehead atoms. The van der Waals surface area contributed by atoms with E-state index in [9.17, 15) is 13.2 Å². The number of halogens is 1. The summed E-state index contributed by atoms with van der Waals surface area (Å²) < 4.78 is 27.5. The molecule has 23 heavy (non-hydrogen) atoms. The Kier molecular flexibility index (Phi) is 7.47. The lowest BCUT2D eigenvalue weighted by Gasteiger charge is -2.19. The van der Waals surface area contributed by atoms with Crippen LogP contribution in [0.15, 0.2) is 23.1 Å². The van der Waals surface area contributed by atoms with Crippen LogP contribution < -0.4 is 15.8 Å². The molecule has 1 aromatic rings. The number of hydrogen-bond donors (Lipinski definition) is 3. The molecule has 8 heteroatoms. The SMILES string of the molecule is CCCCC(CN)NS(=O)(=O)c1ccc2c(c1)C(=O)NCC2.Cl. The number of unbranched alkanes of at least 4 members (excludes halogenated alkanes) is 1. The highest BCUT2D eigenvalue weighted by Gasteiger charge is 2.23. The number of nitrogens with one attached hydrogen (secondary N) is 2. The third-order valence-corrected chi connectivity index (χ3v) is 5.35. The zero-order chi connectivity index (χ0) is 16.2. The van der Waals surface area contributed by atoms with E-state index in [1.54, 1.807) is 12.1 Å². The number of nitrogens with two attached hydrogens (primary N) is 1. The zero-order valence-electron chi connectivity index (χ0n) is 13.2. The van der Waals surface area contributed by atoms with Gasteiger partial charge in [0.05, 0.1) is 4.90 Å². The van der Waals surface area contributed by atoms with Gasteiger partial charge in [-0.3, -0.25) is 4.79 Å². The highest BCUT2D eigenvalue weighted by atomic mass is 35.5. The molecule has 1 unspecified atom stereocenters. The molecule has 1 aromatic carbocycles. The molecule has 0 saturated carbocycles. The monoisotopic (exact) mass is 361 g/mol. The molecule has 1 aliphatic heterocycles. The van der Waals surface area contributed by atoms with Gasteiger partial charge in [-0.05, 0) is 30.5 Å². The summed E-state index contributed by atoms with van der Waals surface area (Å²) in [5.41, 5.74) is 6.96. The van der Waals surface area contributed by atoms with E-state index >= 15 is 0 Å². The van der Waals surface area contributed by atoms with Gasteiger partial charge in [0.15, 0.2) is 0 Å². The molecule has 0 saturated heterocycles. The van der Waals surface area contributed by atoms with Crippen LogP contribution in [0.1, 0.15) is 42.1 Å². The van der Waals surface area contributed by atoms with Crippen LogP contribution in [0.5, 0.6) is 0 Å². The van der Waals surface area contributed by atoms with Crippen molar-refractivity contribution in [3.8, 4) is 0 Å². The Bertz CT molecular complexity index is 649. The van der Waals surface area contributed by atoms with E-state index in [0.29, 0.717) is 18.5 Å². The molecular formula is C15H24ClN3O3S. The van der Waals surface area contributed by atoms with Gasteiger partial charge in [-0.1, -0.05) is 25.8 Å². The van der Waals surface area contributed by atoms with E-state index < -0.39 is 10.0 Å². The average molecular weight is 362 g/mol. The number of hydrogen-bond acceptors (Lipinski definition) is 4. The van der Waals surface area contributed by atoms with Crippen LogP contribution in [0.3, 0.4) is 0 Å². The fourth-order valence-corrected chi connectivity index (χ4v) is 3.83. The minimum Gasteiger partial charge on any atom is -0.352 e. The Morgan fingerprint density at radius 1 is 1.39 bits per heavy atom. The summed E-state index contributed by atoms with van der Waals surface area (Å²) >= 11 is 0. The standard InChI is InChI=1S/C15H23N3O3S.ClH/c1-2-3-4-12(10-16)18-22(20,21)13-6-5-11-7-8-17-15(19)14(11)9-13;/h5-6,9,12,18H,2-4,7-8,10,16H2,1H3,(H,17,19);1H. The Morgan fingerprint density at radius 2 is 2.13 bits per heavy atom. The topological polar surface area (TPSA) is 101 Å². The van der Waals surface area contributed by atoms with Crippen molar-refractivity contribution in [1.82, 2.24) is 10.0 Å². The molecule has 1 atom stereocenters. The van der Waals surface area contributed by atoms with Gasteiger partial charge in [0.2, 0.25) is 10.0 Å². The molecule has 1 amide bonds. The maximum Gasteiger partial charge on any atom is 0.251 e. The summed E-state index contributed by atoms with van der Waals surface area (Å²) in [5, 5.41) is 2.72. The highest BCUT2D eigenvalue weighted by molar-refractivity contribution is 7.89. The van der Waals surface area contributed by atoms with Gasteiger partial charge in [0.1, 0.15) is 0 Å². The summed E-state index contributed by atoms with van der Waals surface area (Å²) in [6.45, 7) is 2.89. The second-order valence-electron chi connectivity index (χ2n) is 5.52. The molecule has 2 rings (SSSR count). The summed E-state index contributed by atoms with van der Waals surface area (Å²) in [4.78, 5) is 11.9. The van der Waals surface area contributed by atoms with Crippen LogP contribution in [0, 0.1) is 0 Å². The van der Waals surface area contributed by atoms with Gasteiger partial charge in [-0.2, -0.15) is 0 Å². The number of carbonyl (C=O) groups excluding carboxylic acids is 1. The highest BCUT2D eigenvalue weighted by Crippen LogP contribution is 2.19. The smallest absolute Gasteiger partial charge is 0.251 e. The largest absolute Gasteiger partial charge is 0.352 e. The molecule has 1 aliphatic rings. The molecule has 6 nitrogen and oxygen atoms in total. The zero-order valence-corrected chi connectivity index (χ0v) is 14.8. The maximum atomic E-state index is 12.5. The van der Waals surface area contributed by atoms with Crippen LogP contribution in [0.4, 0.5) is 0 Å². The minimum absolute atomic E-state index is 0. The van der Waals surface area contributed by atoms with E-state index in [1.165, 1.54) is 6.07 Å². The molecule has 1 heterocycles. The lowest BCUT2D eigenvalue weighted by Crippen LogP contribution is -2.40. The second kappa shape index (κ2) is 8.63. The Labute approximate surface area is 143 Å². The Hall–Kier alpha value is -1.15. The Morgan fingerprint density at radius 3 is 2.78 bits per heavy atom.